The summed E-state index contributed by atoms with van der Waals surface area (Å²) < 4.78 is 5.11. The van der Waals surface area contributed by atoms with Gasteiger partial charge < -0.3 is 10.3 Å². The van der Waals surface area contributed by atoms with Crippen molar-refractivity contribution in [3.05, 3.63) is 29.2 Å². The van der Waals surface area contributed by atoms with Crippen LogP contribution >= 0.6 is 11.6 Å². The molecule has 0 bridgehead atoms. The summed E-state index contributed by atoms with van der Waals surface area (Å²) in [6.07, 6.45) is 3.06. The summed E-state index contributed by atoms with van der Waals surface area (Å²) in [5, 5.41) is 4.35. The molecule has 2 rings (SSSR count). The van der Waals surface area contributed by atoms with Crippen molar-refractivity contribution in [3.63, 3.8) is 0 Å². The van der Waals surface area contributed by atoms with Crippen LogP contribution in [0.3, 0.4) is 0 Å². The van der Waals surface area contributed by atoms with E-state index in [1.807, 2.05) is 6.92 Å². The van der Waals surface area contributed by atoms with Crippen molar-refractivity contribution in [1.82, 2.24) is 15.1 Å². The Bertz CT molecular complexity index is 500. The molecule has 0 aromatic carbocycles. The lowest BCUT2D eigenvalue weighted by Crippen LogP contribution is -2.21. The number of hydrogen-bond acceptors (Lipinski definition) is 5. The van der Waals surface area contributed by atoms with Gasteiger partial charge in [-0.1, -0.05) is 23.7 Å². The van der Waals surface area contributed by atoms with Crippen LogP contribution in [0.4, 0.5) is 0 Å². The quantitative estimate of drug-likeness (QED) is 0.901. The van der Waals surface area contributed by atoms with E-state index in [-0.39, 0.29) is 6.04 Å². The Labute approximate surface area is 104 Å². The first-order valence-corrected chi connectivity index (χ1v) is 5.77. The van der Waals surface area contributed by atoms with Gasteiger partial charge in [0.05, 0.1) is 5.02 Å². The first-order valence-electron chi connectivity index (χ1n) is 5.39. The average Bonchev–Trinajstić information content (AvgIpc) is 2.78. The third kappa shape index (κ3) is 2.81. The van der Waals surface area contributed by atoms with E-state index in [1.54, 1.807) is 18.3 Å². The molecule has 1 unspecified atom stereocenters. The maximum atomic E-state index is 5.99. The molecule has 2 aromatic rings. The van der Waals surface area contributed by atoms with Crippen LogP contribution in [0.2, 0.25) is 5.02 Å². The molecule has 0 spiro atoms. The third-order valence-electron chi connectivity index (χ3n) is 2.40. The second kappa shape index (κ2) is 5.25. The number of aromatic nitrogens is 3. The molecule has 0 saturated carbocycles. The number of hydrogen-bond donors (Lipinski definition) is 1. The molecule has 0 aliphatic heterocycles. The van der Waals surface area contributed by atoms with E-state index in [0.717, 1.165) is 6.42 Å². The van der Waals surface area contributed by atoms with Crippen LogP contribution in [0.5, 0.6) is 0 Å². The van der Waals surface area contributed by atoms with Crippen LogP contribution in [-0.2, 0) is 6.42 Å². The van der Waals surface area contributed by atoms with E-state index in [1.165, 1.54) is 0 Å². The molecule has 1 atom stereocenters. The highest BCUT2D eigenvalue weighted by atomic mass is 35.5. The van der Waals surface area contributed by atoms with Crippen molar-refractivity contribution < 1.29 is 4.52 Å². The zero-order valence-electron chi connectivity index (χ0n) is 9.43. The number of rotatable bonds is 4. The van der Waals surface area contributed by atoms with Crippen molar-refractivity contribution >= 4 is 11.6 Å². The van der Waals surface area contributed by atoms with Crippen LogP contribution < -0.4 is 5.73 Å². The van der Waals surface area contributed by atoms with Gasteiger partial charge in [-0.05, 0) is 18.6 Å². The van der Waals surface area contributed by atoms with E-state index >= 15 is 0 Å². The van der Waals surface area contributed by atoms with E-state index < -0.39 is 0 Å². The summed E-state index contributed by atoms with van der Waals surface area (Å²) in [5.41, 5.74) is 6.34. The molecule has 0 aliphatic carbocycles. The van der Waals surface area contributed by atoms with Crippen LogP contribution in [0.25, 0.3) is 11.5 Å². The van der Waals surface area contributed by atoms with Crippen molar-refractivity contribution in [2.24, 2.45) is 5.73 Å². The second-order valence-electron chi connectivity index (χ2n) is 3.72. The van der Waals surface area contributed by atoms with Gasteiger partial charge in [0.25, 0.3) is 0 Å². The van der Waals surface area contributed by atoms with Gasteiger partial charge in [0, 0.05) is 18.7 Å². The topological polar surface area (TPSA) is 77.8 Å². The smallest absolute Gasteiger partial charge is 0.228 e. The lowest BCUT2D eigenvalue weighted by molar-refractivity contribution is 0.368. The first-order chi connectivity index (χ1) is 8.20. The van der Waals surface area contributed by atoms with Gasteiger partial charge in [0.1, 0.15) is 5.69 Å². The predicted molar refractivity (Wildman–Crippen MR) is 64.5 cm³/mol. The number of pyridine rings is 1. The number of nitrogens with two attached hydrogens (primary N) is 1. The maximum absolute atomic E-state index is 5.99. The van der Waals surface area contributed by atoms with E-state index in [0.29, 0.717) is 28.9 Å². The number of halogens is 1. The Kier molecular flexibility index (Phi) is 3.71. The molecule has 0 fully saturated rings. The molecule has 2 N–H and O–H groups in total. The van der Waals surface area contributed by atoms with Crippen LogP contribution in [-0.4, -0.2) is 21.2 Å². The van der Waals surface area contributed by atoms with Gasteiger partial charge in [0.2, 0.25) is 11.7 Å². The Hall–Kier alpha value is -1.46. The van der Waals surface area contributed by atoms with Crippen LogP contribution in [0.15, 0.2) is 22.9 Å². The van der Waals surface area contributed by atoms with Crippen molar-refractivity contribution in [1.29, 1.82) is 0 Å². The molecular weight excluding hydrogens is 240 g/mol. The Morgan fingerprint density at radius 1 is 1.53 bits per heavy atom. The van der Waals surface area contributed by atoms with Gasteiger partial charge in [-0.25, -0.2) is 0 Å². The monoisotopic (exact) mass is 252 g/mol. The highest BCUT2D eigenvalue weighted by molar-refractivity contribution is 6.32. The fourth-order valence-electron chi connectivity index (χ4n) is 1.35. The Balaban J connectivity index is 2.21. The summed E-state index contributed by atoms with van der Waals surface area (Å²) >= 11 is 5.99. The van der Waals surface area contributed by atoms with E-state index in [4.69, 9.17) is 21.9 Å². The standard InChI is InChI=1S/C11H13ClN4O/c1-2-7(13)6-9-15-11(16-17-9)10-8(12)4-3-5-14-10/h3-5,7H,2,6,13H2,1H3. The SMILES string of the molecule is CCC(N)Cc1nc(-c2ncccc2Cl)no1. The molecule has 2 aromatic heterocycles. The fourth-order valence-corrected chi connectivity index (χ4v) is 1.56. The van der Waals surface area contributed by atoms with Gasteiger partial charge in [-0.2, -0.15) is 4.98 Å². The minimum atomic E-state index is 0.0301. The van der Waals surface area contributed by atoms with Gasteiger partial charge in [-0.3, -0.25) is 4.98 Å². The van der Waals surface area contributed by atoms with Gasteiger partial charge >= 0.3 is 0 Å². The maximum Gasteiger partial charge on any atom is 0.228 e. The summed E-state index contributed by atoms with van der Waals surface area (Å²) in [7, 11) is 0. The Morgan fingerprint density at radius 2 is 2.35 bits per heavy atom. The predicted octanol–water partition coefficient (Wildman–Crippen LogP) is 2.06. The largest absolute Gasteiger partial charge is 0.339 e. The molecule has 6 heteroatoms. The van der Waals surface area contributed by atoms with Gasteiger partial charge in [0.15, 0.2) is 0 Å². The third-order valence-corrected chi connectivity index (χ3v) is 2.70. The number of nitrogens with zero attached hydrogens (tertiary/aromatic N) is 3. The molecule has 0 aliphatic rings. The van der Waals surface area contributed by atoms with Crippen molar-refractivity contribution in [3.8, 4) is 11.5 Å². The normalized spacial score (nSPS) is 12.6. The average molecular weight is 253 g/mol. The highest BCUT2D eigenvalue weighted by Crippen LogP contribution is 2.22. The highest BCUT2D eigenvalue weighted by Gasteiger charge is 2.14. The van der Waals surface area contributed by atoms with E-state index in [2.05, 4.69) is 15.1 Å². The molecular formula is C11H13ClN4O. The Morgan fingerprint density at radius 3 is 3.06 bits per heavy atom. The molecule has 2 heterocycles. The van der Waals surface area contributed by atoms with Crippen molar-refractivity contribution in [2.75, 3.05) is 0 Å². The molecule has 90 valence electrons. The lowest BCUT2D eigenvalue weighted by atomic mass is 10.2. The molecule has 0 amide bonds. The lowest BCUT2D eigenvalue weighted by Gasteiger charge is -2.02. The molecule has 0 saturated heterocycles. The first kappa shape index (κ1) is 12.0. The fraction of sp³-hybridized carbons (Fsp3) is 0.364. The second-order valence-corrected chi connectivity index (χ2v) is 4.13. The summed E-state index contributed by atoms with van der Waals surface area (Å²) in [4.78, 5) is 8.34. The summed E-state index contributed by atoms with van der Waals surface area (Å²) in [6, 6.07) is 3.51. The molecule has 0 radical (unpaired) electrons. The van der Waals surface area contributed by atoms with Crippen LogP contribution in [0.1, 0.15) is 19.2 Å². The zero-order valence-corrected chi connectivity index (χ0v) is 10.2. The minimum Gasteiger partial charge on any atom is -0.339 e. The van der Waals surface area contributed by atoms with Gasteiger partial charge in [-0.15, -0.1) is 0 Å². The van der Waals surface area contributed by atoms with Crippen LogP contribution in [0, 0.1) is 0 Å². The minimum absolute atomic E-state index is 0.0301. The molecule has 5 nitrogen and oxygen atoms in total. The zero-order chi connectivity index (χ0) is 12.3. The van der Waals surface area contributed by atoms with Crippen molar-refractivity contribution in [2.45, 2.75) is 25.8 Å². The summed E-state index contributed by atoms with van der Waals surface area (Å²) in [6.45, 7) is 2.01. The molecule has 17 heavy (non-hydrogen) atoms. The summed E-state index contributed by atoms with van der Waals surface area (Å²) in [5.74, 6) is 0.907. The van der Waals surface area contributed by atoms with E-state index in [9.17, 15) is 0 Å².